The summed E-state index contributed by atoms with van der Waals surface area (Å²) in [5.74, 6) is -0.928. The molecule has 0 saturated carbocycles. The summed E-state index contributed by atoms with van der Waals surface area (Å²) in [5.41, 5.74) is -2.29. The van der Waals surface area contributed by atoms with E-state index in [9.17, 15) is 41.3 Å². The molecule has 0 aliphatic carbocycles. The second-order valence-electron chi connectivity index (χ2n) is 7.27. The summed E-state index contributed by atoms with van der Waals surface area (Å²) in [4.78, 5) is 22.1. The number of halogens is 6. The fourth-order valence-corrected chi connectivity index (χ4v) is 3.09. The molecule has 3 aromatic carbocycles. The van der Waals surface area contributed by atoms with Gasteiger partial charge in [0.2, 0.25) is 0 Å². The molecule has 0 N–H and O–H groups in total. The van der Waals surface area contributed by atoms with Gasteiger partial charge in [-0.1, -0.05) is 36.4 Å². The smallest absolute Gasteiger partial charge is 0.416 e. The van der Waals surface area contributed by atoms with Crippen molar-refractivity contribution in [3.05, 3.63) is 123 Å². The Balaban J connectivity index is 1.95. The Kier molecular flexibility index (Phi) is 7.62. The van der Waals surface area contributed by atoms with E-state index in [2.05, 4.69) is 0 Å². The highest BCUT2D eigenvalue weighted by Gasteiger charge is 2.32. The molecular weight excluding hydrogens is 492 g/mol. The lowest BCUT2D eigenvalue weighted by molar-refractivity contribution is -0.384. The number of alkyl halides is 6. The van der Waals surface area contributed by atoms with Crippen LogP contribution in [0.25, 0.3) is 5.57 Å². The van der Waals surface area contributed by atoms with Crippen LogP contribution in [0.2, 0.25) is 0 Å². The molecule has 0 saturated heterocycles. The van der Waals surface area contributed by atoms with Gasteiger partial charge in [0, 0.05) is 18.2 Å². The van der Waals surface area contributed by atoms with E-state index in [-0.39, 0.29) is 28.1 Å². The average Bonchev–Trinajstić information content (AvgIpc) is 2.81. The van der Waals surface area contributed by atoms with Gasteiger partial charge in [-0.05, 0) is 53.1 Å². The first kappa shape index (κ1) is 26.2. The van der Waals surface area contributed by atoms with E-state index in [4.69, 9.17) is 4.74 Å². The fraction of sp³-hybridized carbons (Fsp3) is 0.0800. The van der Waals surface area contributed by atoms with Crippen molar-refractivity contribution < 1.29 is 40.8 Å². The Bertz CT molecular complexity index is 1270. The number of rotatable bonds is 6. The van der Waals surface area contributed by atoms with Crippen LogP contribution < -0.4 is 4.74 Å². The third-order valence-electron chi connectivity index (χ3n) is 4.76. The van der Waals surface area contributed by atoms with E-state index in [1.54, 1.807) is 0 Å². The van der Waals surface area contributed by atoms with E-state index < -0.39 is 34.4 Å². The van der Waals surface area contributed by atoms with Gasteiger partial charge < -0.3 is 4.74 Å². The maximum atomic E-state index is 13.2. The standard InChI is InChI=1S/C25H15F6NO4/c26-24(27,28)18-6-1-4-16(14-18)22(17-5-2-7-19(15-17)25(29,30)31)8-3-9-23(33)36-21-12-10-20(11-13-21)32(34)35/h1-15H. The number of hydrogen-bond acceptors (Lipinski definition) is 4. The summed E-state index contributed by atoms with van der Waals surface area (Å²) in [7, 11) is 0. The van der Waals surface area contributed by atoms with E-state index in [0.29, 0.717) is 0 Å². The van der Waals surface area contributed by atoms with Gasteiger partial charge in [-0.25, -0.2) is 4.79 Å². The van der Waals surface area contributed by atoms with Gasteiger partial charge in [-0.2, -0.15) is 26.3 Å². The molecule has 5 nitrogen and oxygen atoms in total. The molecule has 0 unspecified atom stereocenters. The molecule has 0 heterocycles. The molecule has 36 heavy (non-hydrogen) atoms. The van der Waals surface area contributed by atoms with E-state index in [1.165, 1.54) is 30.3 Å². The fourth-order valence-electron chi connectivity index (χ4n) is 3.09. The maximum Gasteiger partial charge on any atom is 0.416 e. The monoisotopic (exact) mass is 507 g/mol. The second kappa shape index (κ2) is 10.5. The molecule has 0 fully saturated rings. The number of ether oxygens (including phenoxy) is 1. The third-order valence-corrected chi connectivity index (χ3v) is 4.76. The molecule has 0 amide bonds. The van der Waals surface area contributed by atoms with Gasteiger partial charge in [-0.3, -0.25) is 10.1 Å². The van der Waals surface area contributed by atoms with Crippen LogP contribution >= 0.6 is 0 Å². The molecule has 0 aromatic heterocycles. The first-order valence-electron chi connectivity index (χ1n) is 10.0. The van der Waals surface area contributed by atoms with Crippen LogP contribution in [-0.4, -0.2) is 10.9 Å². The largest absolute Gasteiger partial charge is 0.423 e. The van der Waals surface area contributed by atoms with E-state index >= 15 is 0 Å². The van der Waals surface area contributed by atoms with Crippen molar-refractivity contribution in [3.8, 4) is 5.75 Å². The number of carbonyl (C=O) groups is 1. The number of esters is 1. The summed E-state index contributed by atoms with van der Waals surface area (Å²) in [6.45, 7) is 0. The summed E-state index contributed by atoms with van der Waals surface area (Å²) in [6, 6.07) is 12.7. The molecule has 0 aliphatic heterocycles. The van der Waals surface area contributed by atoms with Crippen LogP contribution in [0.1, 0.15) is 22.3 Å². The van der Waals surface area contributed by atoms with Crippen LogP contribution in [0, 0.1) is 10.1 Å². The number of carbonyl (C=O) groups excluding carboxylic acids is 1. The summed E-state index contributed by atoms with van der Waals surface area (Å²) >= 11 is 0. The molecule has 11 heteroatoms. The lowest BCUT2D eigenvalue weighted by Gasteiger charge is -2.14. The van der Waals surface area contributed by atoms with Crippen molar-refractivity contribution in [2.75, 3.05) is 0 Å². The third kappa shape index (κ3) is 6.81. The number of allylic oxidation sites excluding steroid dienone is 2. The number of hydrogen-bond donors (Lipinski definition) is 0. The van der Waals surface area contributed by atoms with Gasteiger partial charge in [0.25, 0.3) is 5.69 Å². The van der Waals surface area contributed by atoms with Crippen molar-refractivity contribution in [2.45, 2.75) is 12.4 Å². The summed E-state index contributed by atoms with van der Waals surface area (Å²) in [5, 5.41) is 10.7. The molecule has 0 radical (unpaired) electrons. The minimum Gasteiger partial charge on any atom is -0.423 e. The van der Waals surface area contributed by atoms with Crippen LogP contribution in [0.3, 0.4) is 0 Å². The first-order chi connectivity index (χ1) is 16.8. The topological polar surface area (TPSA) is 69.4 Å². The number of nitro benzene ring substituents is 1. The first-order valence-corrected chi connectivity index (χ1v) is 10.0. The average molecular weight is 507 g/mol. The van der Waals surface area contributed by atoms with Gasteiger partial charge in [-0.15, -0.1) is 0 Å². The Morgan fingerprint density at radius 3 is 1.75 bits per heavy atom. The predicted molar refractivity (Wildman–Crippen MR) is 118 cm³/mol. The number of benzene rings is 3. The molecular formula is C25H15F6NO4. The Morgan fingerprint density at radius 2 is 1.31 bits per heavy atom. The maximum absolute atomic E-state index is 13.2. The molecule has 0 aliphatic rings. The normalized spacial score (nSPS) is 11.8. The second-order valence-corrected chi connectivity index (χ2v) is 7.27. The quantitative estimate of drug-likeness (QED) is 0.0672. The Morgan fingerprint density at radius 1 is 0.806 bits per heavy atom. The zero-order valence-electron chi connectivity index (χ0n) is 18.0. The van der Waals surface area contributed by atoms with Crippen molar-refractivity contribution in [3.63, 3.8) is 0 Å². The van der Waals surface area contributed by atoms with Crippen LogP contribution in [0.5, 0.6) is 5.75 Å². The molecule has 3 rings (SSSR count). The molecule has 0 spiro atoms. The highest BCUT2D eigenvalue weighted by atomic mass is 19.4. The van der Waals surface area contributed by atoms with Crippen molar-refractivity contribution in [2.24, 2.45) is 0 Å². The SMILES string of the molecule is O=C(C=CC=C(c1cccc(C(F)(F)F)c1)c1cccc(C(F)(F)F)c1)Oc1ccc([N+](=O)[O-])cc1. The van der Waals surface area contributed by atoms with Crippen LogP contribution in [0.4, 0.5) is 32.0 Å². The van der Waals surface area contributed by atoms with Crippen LogP contribution in [-0.2, 0) is 17.1 Å². The highest BCUT2D eigenvalue weighted by Crippen LogP contribution is 2.35. The molecule has 186 valence electrons. The van der Waals surface area contributed by atoms with Crippen molar-refractivity contribution in [1.29, 1.82) is 0 Å². The van der Waals surface area contributed by atoms with Gasteiger partial charge in [0.05, 0.1) is 16.1 Å². The summed E-state index contributed by atoms with van der Waals surface area (Å²) in [6.07, 6.45) is -6.16. The minimum atomic E-state index is -4.68. The molecule has 3 aromatic rings. The zero-order valence-corrected chi connectivity index (χ0v) is 18.0. The van der Waals surface area contributed by atoms with E-state index in [1.807, 2.05) is 0 Å². The highest BCUT2D eigenvalue weighted by molar-refractivity contribution is 5.86. The Labute approximate surface area is 200 Å². The van der Waals surface area contributed by atoms with E-state index in [0.717, 1.165) is 60.7 Å². The zero-order chi connectivity index (χ0) is 26.5. The number of nitro groups is 1. The predicted octanol–water partition coefficient (Wildman–Crippen LogP) is 7.23. The van der Waals surface area contributed by atoms with Crippen molar-refractivity contribution >= 4 is 17.2 Å². The Hall–Kier alpha value is -4.41. The summed E-state index contributed by atoms with van der Waals surface area (Å²) < 4.78 is 84.2. The van der Waals surface area contributed by atoms with Gasteiger partial charge >= 0.3 is 18.3 Å². The molecule has 0 bridgehead atoms. The minimum absolute atomic E-state index is 0.00444. The number of non-ortho nitro benzene ring substituents is 1. The molecule has 0 atom stereocenters. The van der Waals surface area contributed by atoms with Gasteiger partial charge in [0.15, 0.2) is 0 Å². The van der Waals surface area contributed by atoms with Crippen LogP contribution in [0.15, 0.2) is 91.0 Å². The van der Waals surface area contributed by atoms with Crippen molar-refractivity contribution in [1.82, 2.24) is 0 Å². The van der Waals surface area contributed by atoms with Gasteiger partial charge in [0.1, 0.15) is 5.75 Å². The number of nitrogens with zero attached hydrogens (tertiary/aromatic N) is 1. The lowest BCUT2D eigenvalue weighted by atomic mass is 9.94. The lowest BCUT2D eigenvalue weighted by Crippen LogP contribution is -2.06.